The van der Waals surface area contributed by atoms with Gasteiger partial charge in [-0.3, -0.25) is 0 Å². The van der Waals surface area contributed by atoms with Crippen molar-refractivity contribution in [3.63, 3.8) is 0 Å². The van der Waals surface area contributed by atoms with E-state index in [-0.39, 0.29) is 6.79 Å². The Hall–Kier alpha value is -4.88. The number of methoxy groups -OCH3 is 2. The molecule has 5 aromatic rings. The van der Waals surface area contributed by atoms with Crippen LogP contribution < -0.4 is 29.0 Å². The summed E-state index contributed by atoms with van der Waals surface area (Å²) < 4.78 is 36.3. The van der Waals surface area contributed by atoms with Gasteiger partial charge in [-0.25, -0.2) is 0 Å². The molecule has 0 aliphatic carbocycles. The Morgan fingerprint density at radius 3 is 2.31 bits per heavy atom. The molecule has 2 heterocycles. The molecule has 5 aromatic carbocycles. The third-order valence-corrected chi connectivity index (χ3v) is 7.88. The Labute approximate surface area is 244 Å². The summed E-state index contributed by atoms with van der Waals surface area (Å²) in [6.45, 7) is 3.00. The van der Waals surface area contributed by atoms with Crippen LogP contribution in [-0.2, 0) is 17.1 Å². The number of hydrogen-bond acceptors (Lipinski definition) is 7. The third kappa shape index (κ3) is 4.16. The average molecular weight is 562 g/mol. The van der Waals surface area contributed by atoms with Crippen molar-refractivity contribution in [1.82, 2.24) is 0 Å². The molecule has 7 rings (SSSR count). The zero-order chi connectivity index (χ0) is 28.7. The standard InChI is InChI=1S/C35H31NO6/c1-4-42-35(24-11-13-25(37-2)14-12-24)32-26(16-17-29(38-3)34(32)39-20-22-8-6-5-7-9-22)27-15-10-23-18-30-31(41-21-40-30)19-28(23)33(27)36-35/h5-19,36H,4,20-21H2,1-3H3. The Balaban J connectivity index is 1.51. The number of ether oxygens (including phenoxy) is 6. The fraction of sp³-hybridized carbons (Fsp3) is 0.200. The summed E-state index contributed by atoms with van der Waals surface area (Å²) in [5.41, 5.74) is 4.61. The van der Waals surface area contributed by atoms with Gasteiger partial charge in [0.15, 0.2) is 28.7 Å². The third-order valence-electron chi connectivity index (χ3n) is 7.88. The van der Waals surface area contributed by atoms with Crippen molar-refractivity contribution >= 4 is 16.5 Å². The molecular weight excluding hydrogens is 530 g/mol. The summed E-state index contributed by atoms with van der Waals surface area (Å²) in [7, 11) is 3.32. The molecule has 0 amide bonds. The summed E-state index contributed by atoms with van der Waals surface area (Å²) in [6.07, 6.45) is 0. The van der Waals surface area contributed by atoms with E-state index in [0.29, 0.717) is 24.7 Å². The Bertz CT molecular complexity index is 1770. The van der Waals surface area contributed by atoms with Crippen molar-refractivity contribution < 1.29 is 28.4 Å². The fourth-order valence-electron chi connectivity index (χ4n) is 5.93. The molecule has 0 spiro atoms. The van der Waals surface area contributed by atoms with Crippen LogP contribution in [0, 0.1) is 0 Å². The van der Waals surface area contributed by atoms with E-state index in [1.807, 2.05) is 79.7 Å². The second-order valence-corrected chi connectivity index (χ2v) is 10.2. The van der Waals surface area contributed by atoms with Gasteiger partial charge in [-0.05, 0) is 59.8 Å². The number of benzene rings is 5. The molecule has 0 fully saturated rings. The maximum Gasteiger partial charge on any atom is 0.231 e. The minimum Gasteiger partial charge on any atom is -0.497 e. The highest BCUT2D eigenvalue weighted by molar-refractivity contribution is 6.06. The van der Waals surface area contributed by atoms with Crippen LogP contribution in [0.5, 0.6) is 28.7 Å². The van der Waals surface area contributed by atoms with Crippen LogP contribution in [0.25, 0.3) is 21.9 Å². The van der Waals surface area contributed by atoms with Crippen LogP contribution in [-0.4, -0.2) is 27.6 Å². The molecule has 0 radical (unpaired) electrons. The highest BCUT2D eigenvalue weighted by Crippen LogP contribution is 2.55. The first kappa shape index (κ1) is 26.0. The molecule has 1 N–H and O–H groups in total. The molecular formula is C35H31NO6. The monoisotopic (exact) mass is 561 g/mol. The minimum absolute atomic E-state index is 0.209. The zero-order valence-electron chi connectivity index (χ0n) is 23.7. The summed E-state index contributed by atoms with van der Waals surface area (Å²) in [4.78, 5) is 0. The Kier molecular flexibility index (Phi) is 6.52. The van der Waals surface area contributed by atoms with E-state index in [2.05, 4.69) is 23.5 Å². The van der Waals surface area contributed by atoms with Gasteiger partial charge < -0.3 is 33.7 Å². The second-order valence-electron chi connectivity index (χ2n) is 10.2. The molecule has 7 nitrogen and oxygen atoms in total. The normalized spacial score (nSPS) is 16.4. The molecule has 212 valence electrons. The molecule has 0 saturated heterocycles. The zero-order valence-corrected chi connectivity index (χ0v) is 23.7. The van der Waals surface area contributed by atoms with Crippen molar-refractivity contribution in [3.05, 3.63) is 108 Å². The highest BCUT2D eigenvalue weighted by atomic mass is 16.7. The average Bonchev–Trinajstić information content (AvgIpc) is 3.50. The van der Waals surface area contributed by atoms with Crippen LogP contribution in [0.3, 0.4) is 0 Å². The molecule has 0 aromatic heterocycles. The lowest BCUT2D eigenvalue weighted by molar-refractivity contribution is 0.00898. The predicted octanol–water partition coefficient (Wildman–Crippen LogP) is 7.49. The second kappa shape index (κ2) is 10.5. The van der Waals surface area contributed by atoms with Crippen LogP contribution >= 0.6 is 0 Å². The van der Waals surface area contributed by atoms with Gasteiger partial charge in [-0.1, -0.05) is 54.6 Å². The van der Waals surface area contributed by atoms with Gasteiger partial charge in [0, 0.05) is 23.1 Å². The molecule has 42 heavy (non-hydrogen) atoms. The van der Waals surface area contributed by atoms with Crippen molar-refractivity contribution in [2.75, 3.05) is 32.9 Å². The summed E-state index contributed by atoms with van der Waals surface area (Å²) in [5, 5.41) is 5.88. The van der Waals surface area contributed by atoms with Gasteiger partial charge in [0.25, 0.3) is 0 Å². The first-order valence-corrected chi connectivity index (χ1v) is 14.0. The number of hydrogen-bond donors (Lipinski definition) is 1. The summed E-state index contributed by atoms with van der Waals surface area (Å²) >= 11 is 0. The lowest BCUT2D eigenvalue weighted by atomic mass is 9.81. The van der Waals surface area contributed by atoms with Gasteiger partial charge in [-0.15, -0.1) is 0 Å². The van der Waals surface area contributed by atoms with Crippen molar-refractivity contribution in [3.8, 4) is 39.9 Å². The quantitative estimate of drug-likeness (QED) is 0.210. The van der Waals surface area contributed by atoms with Gasteiger partial charge in [0.2, 0.25) is 6.79 Å². The number of nitrogens with one attached hydrogen (secondary N) is 1. The van der Waals surface area contributed by atoms with Gasteiger partial charge in [0.05, 0.1) is 25.5 Å². The topological polar surface area (TPSA) is 67.4 Å². The van der Waals surface area contributed by atoms with Crippen molar-refractivity contribution in [2.24, 2.45) is 0 Å². The van der Waals surface area contributed by atoms with E-state index in [1.54, 1.807) is 14.2 Å². The van der Waals surface area contributed by atoms with Gasteiger partial charge in [0.1, 0.15) is 12.4 Å². The van der Waals surface area contributed by atoms with E-state index in [0.717, 1.165) is 61.5 Å². The number of rotatable bonds is 8. The molecule has 1 unspecified atom stereocenters. The summed E-state index contributed by atoms with van der Waals surface area (Å²) in [6, 6.07) is 30.4. The van der Waals surface area contributed by atoms with E-state index < -0.39 is 5.72 Å². The molecule has 0 bridgehead atoms. The molecule has 1 atom stereocenters. The van der Waals surface area contributed by atoms with Crippen LogP contribution in [0.1, 0.15) is 23.6 Å². The molecule has 2 aliphatic rings. The lowest BCUT2D eigenvalue weighted by Crippen LogP contribution is -2.43. The van der Waals surface area contributed by atoms with Crippen molar-refractivity contribution in [2.45, 2.75) is 19.3 Å². The number of anilines is 1. The first-order chi connectivity index (χ1) is 20.6. The van der Waals surface area contributed by atoms with Crippen molar-refractivity contribution in [1.29, 1.82) is 0 Å². The lowest BCUT2D eigenvalue weighted by Gasteiger charge is -2.43. The smallest absolute Gasteiger partial charge is 0.231 e. The fourth-order valence-corrected chi connectivity index (χ4v) is 5.93. The minimum atomic E-state index is -1.12. The van der Waals surface area contributed by atoms with Gasteiger partial charge in [-0.2, -0.15) is 0 Å². The highest BCUT2D eigenvalue weighted by Gasteiger charge is 2.45. The Morgan fingerprint density at radius 1 is 0.810 bits per heavy atom. The molecule has 0 saturated carbocycles. The van der Waals surface area contributed by atoms with Gasteiger partial charge >= 0.3 is 0 Å². The molecule has 7 heteroatoms. The number of fused-ring (bicyclic) bond motifs is 6. The predicted molar refractivity (Wildman–Crippen MR) is 162 cm³/mol. The SMILES string of the molecule is CCOC1(c2ccc(OC)cc2)Nc2c(ccc3cc4c(cc23)OCO4)-c2ccc(OC)c(OCc3ccccc3)c21. The van der Waals surface area contributed by atoms with Crippen LogP contribution in [0.4, 0.5) is 5.69 Å². The largest absolute Gasteiger partial charge is 0.497 e. The van der Waals surface area contributed by atoms with Crippen LogP contribution in [0.2, 0.25) is 0 Å². The van der Waals surface area contributed by atoms with E-state index >= 15 is 0 Å². The maximum atomic E-state index is 6.80. The van der Waals surface area contributed by atoms with Crippen LogP contribution in [0.15, 0.2) is 91.0 Å². The Morgan fingerprint density at radius 2 is 1.57 bits per heavy atom. The van der Waals surface area contributed by atoms with E-state index in [4.69, 9.17) is 28.4 Å². The maximum absolute atomic E-state index is 6.80. The van der Waals surface area contributed by atoms with E-state index in [1.165, 1.54) is 0 Å². The van der Waals surface area contributed by atoms with E-state index in [9.17, 15) is 0 Å². The molecule has 2 aliphatic heterocycles. The first-order valence-electron chi connectivity index (χ1n) is 14.0. The summed E-state index contributed by atoms with van der Waals surface area (Å²) in [5.74, 6) is 3.46.